The van der Waals surface area contributed by atoms with E-state index < -0.39 is 12.1 Å². The number of benzene rings is 1. The lowest BCUT2D eigenvalue weighted by molar-refractivity contribution is -0.192. The number of hydrogen-bond donors (Lipinski definition) is 2. The molecule has 1 aromatic carbocycles. The van der Waals surface area contributed by atoms with Gasteiger partial charge in [-0.3, -0.25) is 4.98 Å². The van der Waals surface area contributed by atoms with Crippen LogP contribution in [-0.4, -0.2) is 28.3 Å². The van der Waals surface area contributed by atoms with Crippen molar-refractivity contribution < 1.29 is 23.1 Å². The van der Waals surface area contributed by atoms with E-state index in [2.05, 4.69) is 29.2 Å². The van der Waals surface area contributed by atoms with Crippen LogP contribution in [0.4, 0.5) is 13.2 Å². The molecule has 1 atom stereocenters. The van der Waals surface area contributed by atoms with Crippen molar-refractivity contribution in [3.63, 3.8) is 0 Å². The molecule has 1 aromatic heterocycles. The fourth-order valence-corrected chi connectivity index (χ4v) is 1.77. The Hall–Kier alpha value is -2.67. The molecule has 0 aliphatic carbocycles. The minimum Gasteiger partial charge on any atom is -0.475 e. The number of carboxylic acids is 1. The van der Waals surface area contributed by atoms with Crippen LogP contribution < -0.4 is 5.73 Å². The molecule has 0 amide bonds. The van der Waals surface area contributed by atoms with E-state index in [1.54, 1.807) is 6.20 Å². The number of carbonyl (C=O) groups is 1. The average Bonchev–Trinajstić information content (AvgIpc) is 2.60. The molecule has 0 saturated carbocycles. The number of carboxylic acid groups (broad SMARTS) is 1. The third-order valence-electron chi connectivity index (χ3n) is 3.05. The molecule has 25 heavy (non-hydrogen) atoms. The number of aromatic nitrogens is 1. The van der Waals surface area contributed by atoms with Gasteiger partial charge in [-0.1, -0.05) is 42.5 Å². The first-order chi connectivity index (χ1) is 11.8. The predicted molar refractivity (Wildman–Crippen MR) is 89.7 cm³/mol. The Bertz CT molecular complexity index is 659. The van der Waals surface area contributed by atoms with E-state index in [-0.39, 0.29) is 6.04 Å². The highest BCUT2D eigenvalue weighted by Crippen LogP contribution is 2.13. The SMILES string of the molecule is NC(/C=C/c1ccccn1)CCc1ccccc1.O=C(O)C(F)(F)F. The van der Waals surface area contributed by atoms with Gasteiger partial charge >= 0.3 is 12.1 Å². The van der Waals surface area contributed by atoms with E-state index in [1.807, 2.05) is 36.4 Å². The van der Waals surface area contributed by atoms with Crippen LogP contribution in [0.1, 0.15) is 17.7 Å². The summed E-state index contributed by atoms with van der Waals surface area (Å²) in [5.74, 6) is -2.76. The third-order valence-corrected chi connectivity index (χ3v) is 3.05. The Morgan fingerprint density at radius 2 is 1.76 bits per heavy atom. The number of rotatable bonds is 5. The van der Waals surface area contributed by atoms with Gasteiger partial charge in [0.15, 0.2) is 0 Å². The normalized spacial score (nSPS) is 12.3. The molecule has 1 heterocycles. The van der Waals surface area contributed by atoms with Crippen LogP contribution in [0, 0.1) is 0 Å². The van der Waals surface area contributed by atoms with Crippen LogP contribution >= 0.6 is 0 Å². The number of alkyl halides is 3. The molecule has 2 aromatic rings. The molecule has 7 heteroatoms. The maximum atomic E-state index is 10.6. The van der Waals surface area contributed by atoms with Crippen LogP contribution in [0.2, 0.25) is 0 Å². The summed E-state index contributed by atoms with van der Waals surface area (Å²) >= 11 is 0. The summed E-state index contributed by atoms with van der Waals surface area (Å²) in [6.45, 7) is 0. The van der Waals surface area contributed by atoms with Crippen molar-refractivity contribution in [2.45, 2.75) is 25.1 Å². The highest BCUT2D eigenvalue weighted by atomic mass is 19.4. The maximum Gasteiger partial charge on any atom is 0.490 e. The topological polar surface area (TPSA) is 76.2 Å². The van der Waals surface area contributed by atoms with E-state index in [1.165, 1.54) is 5.56 Å². The Morgan fingerprint density at radius 1 is 1.16 bits per heavy atom. The lowest BCUT2D eigenvalue weighted by Crippen LogP contribution is -2.21. The Labute approximate surface area is 143 Å². The van der Waals surface area contributed by atoms with Gasteiger partial charge in [0.05, 0.1) is 5.69 Å². The van der Waals surface area contributed by atoms with Gasteiger partial charge in [-0.15, -0.1) is 0 Å². The van der Waals surface area contributed by atoms with E-state index >= 15 is 0 Å². The molecule has 0 fully saturated rings. The van der Waals surface area contributed by atoms with E-state index in [4.69, 9.17) is 15.6 Å². The molecule has 0 bridgehead atoms. The molecule has 2 rings (SSSR count). The average molecular weight is 352 g/mol. The Balaban J connectivity index is 0.000000381. The summed E-state index contributed by atoms with van der Waals surface area (Å²) in [4.78, 5) is 13.1. The lowest BCUT2D eigenvalue weighted by atomic mass is 10.1. The van der Waals surface area contributed by atoms with E-state index in [9.17, 15) is 13.2 Å². The summed E-state index contributed by atoms with van der Waals surface area (Å²) in [5.41, 5.74) is 8.34. The van der Waals surface area contributed by atoms with Crippen LogP contribution in [0.15, 0.2) is 60.8 Å². The summed E-state index contributed by atoms with van der Waals surface area (Å²) in [5, 5.41) is 7.12. The van der Waals surface area contributed by atoms with Gasteiger partial charge in [0.25, 0.3) is 0 Å². The number of pyridine rings is 1. The van der Waals surface area contributed by atoms with Gasteiger partial charge in [0.2, 0.25) is 0 Å². The van der Waals surface area contributed by atoms with Crippen LogP contribution in [0.3, 0.4) is 0 Å². The maximum absolute atomic E-state index is 10.6. The Morgan fingerprint density at radius 3 is 2.28 bits per heavy atom. The molecule has 134 valence electrons. The standard InChI is InChI=1S/C16H18N2.C2HF3O2/c17-15(10-9-14-6-2-1-3-7-14)11-12-16-8-4-5-13-18-16;3-2(4,5)1(6)7/h1-8,11-13,15H,9-10,17H2;(H,6,7)/b12-11+;. The Kier molecular flexibility index (Phi) is 8.35. The first-order valence-electron chi connectivity index (χ1n) is 7.48. The largest absolute Gasteiger partial charge is 0.490 e. The zero-order chi connectivity index (χ0) is 18.7. The van der Waals surface area contributed by atoms with Crippen LogP contribution in [0.25, 0.3) is 6.08 Å². The van der Waals surface area contributed by atoms with E-state index in [0.717, 1.165) is 18.5 Å². The van der Waals surface area contributed by atoms with Crippen molar-refractivity contribution in [1.82, 2.24) is 4.98 Å². The zero-order valence-corrected chi connectivity index (χ0v) is 13.4. The van der Waals surface area contributed by atoms with E-state index in [0.29, 0.717) is 0 Å². The van der Waals surface area contributed by atoms with Gasteiger partial charge in [-0.05, 0) is 36.6 Å². The second-order valence-corrected chi connectivity index (χ2v) is 5.10. The quantitative estimate of drug-likeness (QED) is 0.860. The summed E-state index contributed by atoms with van der Waals surface area (Å²) < 4.78 is 31.7. The lowest BCUT2D eigenvalue weighted by Gasteiger charge is -2.06. The van der Waals surface area contributed by atoms with Crippen molar-refractivity contribution in [2.24, 2.45) is 5.73 Å². The van der Waals surface area contributed by atoms with Crippen molar-refractivity contribution in [2.75, 3.05) is 0 Å². The van der Waals surface area contributed by atoms with Crippen molar-refractivity contribution in [3.8, 4) is 0 Å². The highest BCUT2D eigenvalue weighted by molar-refractivity contribution is 5.73. The number of nitrogens with two attached hydrogens (primary N) is 1. The van der Waals surface area contributed by atoms with Crippen LogP contribution in [-0.2, 0) is 11.2 Å². The number of aryl methyl sites for hydroxylation is 1. The highest BCUT2D eigenvalue weighted by Gasteiger charge is 2.38. The second-order valence-electron chi connectivity index (χ2n) is 5.10. The van der Waals surface area contributed by atoms with Gasteiger partial charge < -0.3 is 10.8 Å². The molecule has 0 aliphatic heterocycles. The number of nitrogens with zero attached hydrogens (tertiary/aromatic N) is 1. The third kappa shape index (κ3) is 9.26. The molecule has 4 nitrogen and oxygen atoms in total. The number of halogens is 3. The van der Waals surface area contributed by atoms with Gasteiger partial charge in [0, 0.05) is 12.2 Å². The predicted octanol–water partition coefficient (Wildman–Crippen LogP) is 3.69. The molecule has 3 N–H and O–H groups in total. The summed E-state index contributed by atoms with van der Waals surface area (Å²) in [7, 11) is 0. The molecule has 0 saturated heterocycles. The number of aliphatic carboxylic acids is 1. The monoisotopic (exact) mass is 352 g/mol. The van der Waals surface area contributed by atoms with Crippen molar-refractivity contribution in [3.05, 3.63) is 72.1 Å². The van der Waals surface area contributed by atoms with Gasteiger partial charge in [0.1, 0.15) is 0 Å². The van der Waals surface area contributed by atoms with Gasteiger partial charge in [-0.25, -0.2) is 4.79 Å². The molecule has 0 aliphatic rings. The van der Waals surface area contributed by atoms with Crippen molar-refractivity contribution in [1.29, 1.82) is 0 Å². The van der Waals surface area contributed by atoms with Crippen LogP contribution in [0.5, 0.6) is 0 Å². The minimum absolute atomic E-state index is 0.0761. The van der Waals surface area contributed by atoms with Gasteiger partial charge in [-0.2, -0.15) is 13.2 Å². The first-order valence-corrected chi connectivity index (χ1v) is 7.48. The zero-order valence-electron chi connectivity index (χ0n) is 13.4. The summed E-state index contributed by atoms with van der Waals surface area (Å²) in [6.07, 6.45) is 2.66. The fourth-order valence-electron chi connectivity index (χ4n) is 1.77. The molecule has 1 unspecified atom stereocenters. The second kappa shape index (κ2) is 10.2. The van der Waals surface area contributed by atoms with Crippen molar-refractivity contribution >= 4 is 12.0 Å². The first kappa shape index (κ1) is 20.4. The molecule has 0 spiro atoms. The molecule has 0 radical (unpaired) electrons. The molecular weight excluding hydrogens is 333 g/mol. The smallest absolute Gasteiger partial charge is 0.475 e. The summed E-state index contributed by atoms with van der Waals surface area (Å²) in [6, 6.07) is 16.4. The minimum atomic E-state index is -5.08. The fraction of sp³-hybridized carbons (Fsp3) is 0.222. The molecular formula is C18H19F3N2O2. The number of hydrogen-bond acceptors (Lipinski definition) is 3.